The Bertz CT molecular complexity index is 692. The van der Waals surface area contributed by atoms with E-state index in [1.54, 1.807) is 0 Å². The third-order valence-electron chi connectivity index (χ3n) is 2.37. The van der Waals surface area contributed by atoms with Gasteiger partial charge in [0.25, 0.3) is 0 Å². The fraction of sp³-hybridized carbons (Fsp3) is 0. The Morgan fingerprint density at radius 2 is 1.90 bits per heavy atom. The molecule has 0 fully saturated rings. The van der Waals surface area contributed by atoms with Crippen molar-refractivity contribution in [3.05, 3.63) is 56.2 Å². The summed E-state index contributed by atoms with van der Waals surface area (Å²) >= 11 is 14.6. The highest BCUT2D eigenvalue weighted by Gasteiger charge is 2.15. The van der Waals surface area contributed by atoms with Gasteiger partial charge < -0.3 is 9.84 Å². The molecule has 104 valence electrons. The van der Waals surface area contributed by atoms with Gasteiger partial charge in [-0.2, -0.15) is 0 Å². The molecule has 0 aliphatic rings. The first kappa shape index (κ1) is 15.1. The lowest BCUT2D eigenvalue weighted by molar-refractivity contribution is 0.0694. The van der Waals surface area contributed by atoms with E-state index in [-0.39, 0.29) is 22.1 Å². The fourth-order valence-electron chi connectivity index (χ4n) is 1.46. The van der Waals surface area contributed by atoms with Crippen molar-refractivity contribution in [1.29, 1.82) is 0 Å². The lowest BCUT2D eigenvalue weighted by atomic mass is 10.2. The van der Waals surface area contributed by atoms with Crippen molar-refractivity contribution in [3.63, 3.8) is 0 Å². The molecule has 0 saturated heterocycles. The summed E-state index contributed by atoms with van der Waals surface area (Å²) in [6.45, 7) is 0. The van der Waals surface area contributed by atoms with E-state index in [1.165, 1.54) is 24.3 Å². The van der Waals surface area contributed by atoms with Crippen LogP contribution in [0, 0.1) is 5.82 Å². The van der Waals surface area contributed by atoms with Gasteiger partial charge in [0.1, 0.15) is 22.9 Å². The molecule has 1 N–H and O–H groups in total. The molecule has 2 rings (SSSR count). The summed E-state index contributed by atoms with van der Waals surface area (Å²) in [7, 11) is 0. The lowest BCUT2D eigenvalue weighted by Gasteiger charge is -2.11. The maximum Gasteiger partial charge on any atom is 0.339 e. The molecule has 20 heavy (non-hydrogen) atoms. The molecule has 0 heterocycles. The zero-order chi connectivity index (χ0) is 14.9. The quantitative estimate of drug-likeness (QED) is 0.727. The van der Waals surface area contributed by atoms with Crippen molar-refractivity contribution in [1.82, 2.24) is 0 Å². The number of carboxylic acid groups (broad SMARTS) is 1. The van der Waals surface area contributed by atoms with E-state index >= 15 is 0 Å². The van der Waals surface area contributed by atoms with Gasteiger partial charge in [-0.15, -0.1) is 0 Å². The molecule has 0 saturated carbocycles. The lowest BCUT2D eigenvalue weighted by Crippen LogP contribution is -2.00. The summed E-state index contributed by atoms with van der Waals surface area (Å²) in [5.74, 6) is -1.75. The predicted molar refractivity (Wildman–Crippen MR) is 77.6 cm³/mol. The number of carboxylic acids is 1. The Balaban J connectivity index is 2.47. The first-order valence-electron chi connectivity index (χ1n) is 5.23. The van der Waals surface area contributed by atoms with Crippen molar-refractivity contribution in [2.75, 3.05) is 0 Å². The Morgan fingerprint density at radius 3 is 2.55 bits per heavy atom. The Hall–Kier alpha value is -1.30. The molecule has 3 nitrogen and oxygen atoms in total. The first-order valence-corrected chi connectivity index (χ1v) is 6.78. The highest BCUT2D eigenvalue weighted by atomic mass is 79.9. The standard InChI is InChI=1S/C13H6BrCl2FO3/c14-8-4-9(16)10(17)5-12(8)20-11-3-6(15)1-2-7(11)13(18)19/h1-5H,(H,18,19). The number of hydrogen-bond donors (Lipinski definition) is 1. The average molecular weight is 380 g/mol. The summed E-state index contributed by atoms with van der Waals surface area (Å²) in [5.41, 5.74) is -0.0864. The zero-order valence-corrected chi connectivity index (χ0v) is 12.8. The highest BCUT2D eigenvalue weighted by molar-refractivity contribution is 9.10. The minimum absolute atomic E-state index is 0.00687. The molecule has 0 radical (unpaired) electrons. The smallest absolute Gasteiger partial charge is 0.339 e. The Labute approximate surface area is 132 Å². The largest absolute Gasteiger partial charge is 0.478 e. The first-order chi connectivity index (χ1) is 9.38. The van der Waals surface area contributed by atoms with E-state index in [1.807, 2.05) is 0 Å². The Kier molecular flexibility index (Phi) is 4.52. The number of halogens is 4. The summed E-state index contributed by atoms with van der Waals surface area (Å²) < 4.78 is 19.2. The molecule has 0 unspecified atom stereocenters. The van der Waals surface area contributed by atoms with Crippen molar-refractivity contribution < 1.29 is 19.0 Å². The van der Waals surface area contributed by atoms with E-state index in [9.17, 15) is 9.18 Å². The van der Waals surface area contributed by atoms with Crippen LogP contribution in [0.3, 0.4) is 0 Å². The van der Waals surface area contributed by atoms with Gasteiger partial charge in [-0.3, -0.25) is 0 Å². The molecule has 7 heteroatoms. The number of aromatic carboxylic acids is 1. The van der Waals surface area contributed by atoms with Gasteiger partial charge >= 0.3 is 5.97 Å². The molecular weight excluding hydrogens is 374 g/mol. The molecule has 0 aliphatic carbocycles. The van der Waals surface area contributed by atoms with Crippen LogP contribution in [-0.4, -0.2) is 11.1 Å². The maximum atomic E-state index is 13.4. The van der Waals surface area contributed by atoms with Gasteiger partial charge in [0.05, 0.1) is 9.50 Å². The van der Waals surface area contributed by atoms with Gasteiger partial charge in [0, 0.05) is 17.2 Å². The number of hydrogen-bond acceptors (Lipinski definition) is 2. The number of carbonyl (C=O) groups is 1. The summed E-state index contributed by atoms with van der Waals surface area (Å²) in [4.78, 5) is 11.1. The van der Waals surface area contributed by atoms with Crippen LogP contribution in [0.4, 0.5) is 4.39 Å². The van der Waals surface area contributed by atoms with E-state index in [2.05, 4.69) is 15.9 Å². The van der Waals surface area contributed by atoms with Gasteiger partial charge in [0.15, 0.2) is 0 Å². The molecule has 0 aromatic heterocycles. The molecular formula is C13H6BrCl2FO3. The second kappa shape index (κ2) is 5.99. The van der Waals surface area contributed by atoms with E-state index in [0.717, 1.165) is 6.07 Å². The van der Waals surface area contributed by atoms with E-state index in [0.29, 0.717) is 9.50 Å². The van der Waals surface area contributed by atoms with Crippen LogP contribution in [0.5, 0.6) is 11.5 Å². The minimum Gasteiger partial charge on any atom is -0.478 e. The Morgan fingerprint density at radius 1 is 1.20 bits per heavy atom. The topological polar surface area (TPSA) is 46.5 Å². The van der Waals surface area contributed by atoms with Crippen LogP contribution in [0.2, 0.25) is 10.0 Å². The van der Waals surface area contributed by atoms with Crippen LogP contribution in [0.15, 0.2) is 34.8 Å². The third kappa shape index (κ3) is 3.23. The summed E-state index contributed by atoms with van der Waals surface area (Å²) in [6.07, 6.45) is 0. The van der Waals surface area contributed by atoms with Crippen LogP contribution in [0.1, 0.15) is 10.4 Å². The maximum absolute atomic E-state index is 13.4. The minimum atomic E-state index is -1.18. The van der Waals surface area contributed by atoms with E-state index in [4.69, 9.17) is 33.0 Å². The average Bonchev–Trinajstić information content (AvgIpc) is 2.35. The van der Waals surface area contributed by atoms with Gasteiger partial charge in [0.2, 0.25) is 0 Å². The summed E-state index contributed by atoms with van der Waals surface area (Å²) in [6, 6.07) is 6.44. The van der Waals surface area contributed by atoms with Gasteiger partial charge in [-0.05, 0) is 34.1 Å². The van der Waals surface area contributed by atoms with Crippen molar-refractivity contribution >= 4 is 45.1 Å². The van der Waals surface area contributed by atoms with Crippen LogP contribution in [0.25, 0.3) is 0 Å². The SMILES string of the molecule is O=C(O)c1ccc(Cl)cc1Oc1cc(F)c(Cl)cc1Br. The fourth-order valence-corrected chi connectivity index (χ4v) is 2.34. The van der Waals surface area contributed by atoms with Crippen molar-refractivity contribution in [3.8, 4) is 11.5 Å². The molecule has 0 amide bonds. The van der Waals surface area contributed by atoms with Crippen LogP contribution >= 0.6 is 39.1 Å². The molecule has 0 atom stereocenters. The molecule has 2 aromatic rings. The van der Waals surface area contributed by atoms with Crippen LogP contribution < -0.4 is 4.74 Å². The molecule has 2 aromatic carbocycles. The highest BCUT2D eigenvalue weighted by Crippen LogP contribution is 2.35. The number of rotatable bonds is 3. The molecule has 0 aliphatic heterocycles. The molecule has 0 bridgehead atoms. The zero-order valence-electron chi connectivity index (χ0n) is 9.66. The normalized spacial score (nSPS) is 10.4. The molecule has 0 spiro atoms. The monoisotopic (exact) mass is 378 g/mol. The van der Waals surface area contributed by atoms with Gasteiger partial charge in [-0.25, -0.2) is 9.18 Å². The van der Waals surface area contributed by atoms with Crippen LogP contribution in [-0.2, 0) is 0 Å². The van der Waals surface area contributed by atoms with Crippen molar-refractivity contribution in [2.45, 2.75) is 0 Å². The second-order valence-electron chi connectivity index (χ2n) is 3.74. The third-order valence-corrected chi connectivity index (χ3v) is 3.51. The number of ether oxygens (including phenoxy) is 1. The van der Waals surface area contributed by atoms with Crippen molar-refractivity contribution in [2.24, 2.45) is 0 Å². The van der Waals surface area contributed by atoms with E-state index < -0.39 is 11.8 Å². The predicted octanol–water partition coefficient (Wildman–Crippen LogP) is 5.39. The summed E-state index contributed by atoms with van der Waals surface area (Å²) in [5, 5.41) is 9.30. The number of benzene rings is 2. The van der Waals surface area contributed by atoms with Gasteiger partial charge in [-0.1, -0.05) is 23.2 Å². The second-order valence-corrected chi connectivity index (χ2v) is 5.44.